The molecule has 1 fully saturated rings. The molecule has 0 saturated carbocycles. The molecule has 1 aliphatic heterocycles. The van der Waals surface area contributed by atoms with Crippen LogP contribution in [0.5, 0.6) is 0 Å². The van der Waals surface area contributed by atoms with Crippen molar-refractivity contribution in [1.29, 1.82) is 5.26 Å². The predicted octanol–water partition coefficient (Wildman–Crippen LogP) is 1.64. The predicted molar refractivity (Wildman–Crippen MR) is 102 cm³/mol. The maximum atomic E-state index is 13.1. The first-order chi connectivity index (χ1) is 11.9. The van der Waals surface area contributed by atoms with Crippen molar-refractivity contribution in [3.63, 3.8) is 0 Å². The van der Waals surface area contributed by atoms with E-state index in [-0.39, 0.29) is 59.3 Å². The van der Waals surface area contributed by atoms with E-state index in [9.17, 15) is 18.5 Å². The molecule has 2 rings (SSSR count). The van der Waals surface area contributed by atoms with Crippen LogP contribution in [0, 0.1) is 11.3 Å². The number of halogens is 2. The van der Waals surface area contributed by atoms with E-state index >= 15 is 0 Å². The maximum absolute atomic E-state index is 13.1. The molecule has 1 unspecified atom stereocenters. The molecule has 3 N–H and O–H groups in total. The first-order valence-corrected chi connectivity index (χ1v) is 9.91. The van der Waals surface area contributed by atoms with Gasteiger partial charge in [-0.05, 0) is 25.0 Å². The summed E-state index contributed by atoms with van der Waals surface area (Å²) in [6.07, 6.45) is 2.45. The average Bonchev–Trinajstić information content (AvgIpc) is 2.60. The van der Waals surface area contributed by atoms with Gasteiger partial charge in [0.15, 0.2) is 0 Å². The quantitative estimate of drug-likeness (QED) is 0.725. The highest BCUT2D eigenvalue weighted by Gasteiger charge is 2.35. The fourth-order valence-corrected chi connectivity index (χ4v) is 5.03. The summed E-state index contributed by atoms with van der Waals surface area (Å²) in [5.74, 6) is -0.203. The first-order valence-electron chi connectivity index (χ1n) is 8.09. The molecule has 0 bridgehead atoms. The van der Waals surface area contributed by atoms with Crippen molar-refractivity contribution in [3.05, 3.63) is 28.8 Å². The summed E-state index contributed by atoms with van der Waals surface area (Å²) in [4.78, 5) is 11.5. The van der Waals surface area contributed by atoms with Crippen LogP contribution in [0.3, 0.4) is 0 Å². The second-order valence-electron chi connectivity index (χ2n) is 5.83. The zero-order valence-electron chi connectivity index (χ0n) is 14.2. The summed E-state index contributed by atoms with van der Waals surface area (Å²) in [5, 5.41) is 12.1. The Bertz CT molecular complexity index is 780. The molecule has 1 aromatic rings. The van der Waals surface area contributed by atoms with E-state index in [0.717, 1.165) is 12.8 Å². The minimum Gasteiger partial charge on any atom is -0.354 e. The highest BCUT2D eigenvalue weighted by Crippen LogP contribution is 2.29. The van der Waals surface area contributed by atoms with E-state index in [4.69, 9.17) is 17.3 Å². The largest absolute Gasteiger partial charge is 0.354 e. The second kappa shape index (κ2) is 10.1. The van der Waals surface area contributed by atoms with Crippen LogP contribution in [0.25, 0.3) is 0 Å². The third kappa shape index (κ3) is 5.09. The molecule has 144 valence electrons. The molecule has 0 spiro atoms. The van der Waals surface area contributed by atoms with E-state index in [1.165, 1.54) is 22.5 Å². The molecule has 10 heteroatoms. The fourth-order valence-electron chi connectivity index (χ4n) is 2.90. The van der Waals surface area contributed by atoms with E-state index < -0.39 is 10.0 Å². The van der Waals surface area contributed by atoms with Crippen molar-refractivity contribution >= 4 is 39.9 Å². The molecular weight excluding hydrogens is 399 g/mol. The molecule has 1 aliphatic rings. The zero-order chi connectivity index (χ0) is 18.4. The van der Waals surface area contributed by atoms with Crippen molar-refractivity contribution in [1.82, 2.24) is 9.62 Å². The number of carbonyl (C=O) groups excluding carboxylic acids is 1. The molecule has 7 nitrogen and oxygen atoms in total. The molecule has 1 atom stereocenters. The summed E-state index contributed by atoms with van der Waals surface area (Å²) in [7, 11) is -3.89. The van der Waals surface area contributed by atoms with Crippen LogP contribution in [-0.2, 0) is 14.8 Å². The first kappa shape index (κ1) is 22.7. The van der Waals surface area contributed by atoms with Gasteiger partial charge in [-0.3, -0.25) is 4.79 Å². The Labute approximate surface area is 164 Å². The average molecular weight is 421 g/mol. The van der Waals surface area contributed by atoms with Crippen molar-refractivity contribution in [2.45, 2.75) is 36.6 Å². The number of amides is 1. The number of hydrogen-bond donors (Lipinski definition) is 2. The monoisotopic (exact) mass is 420 g/mol. The lowest BCUT2D eigenvalue weighted by Gasteiger charge is -2.35. The van der Waals surface area contributed by atoms with Crippen LogP contribution in [0.2, 0.25) is 5.02 Å². The minimum atomic E-state index is -3.89. The number of sulfonamides is 1. The number of benzene rings is 1. The molecule has 1 aromatic carbocycles. The summed E-state index contributed by atoms with van der Waals surface area (Å²) in [6.45, 7) is 0.810. The van der Waals surface area contributed by atoms with Gasteiger partial charge in [0.25, 0.3) is 0 Å². The Morgan fingerprint density at radius 3 is 2.81 bits per heavy atom. The summed E-state index contributed by atoms with van der Waals surface area (Å²) >= 11 is 5.97. The SMILES string of the molecule is Cl.N#Cc1c(Cl)cccc1S(=O)(=O)N1CCCCC1CNC(=O)CCN. The van der Waals surface area contributed by atoms with Gasteiger partial charge in [-0.1, -0.05) is 24.1 Å². The number of carbonyl (C=O) groups is 1. The lowest BCUT2D eigenvalue weighted by atomic mass is 10.1. The van der Waals surface area contributed by atoms with Gasteiger partial charge in [-0.2, -0.15) is 9.57 Å². The lowest BCUT2D eigenvalue weighted by molar-refractivity contribution is -0.121. The third-order valence-electron chi connectivity index (χ3n) is 4.15. The van der Waals surface area contributed by atoms with Crippen molar-refractivity contribution in [2.75, 3.05) is 19.6 Å². The van der Waals surface area contributed by atoms with Crippen LogP contribution >= 0.6 is 24.0 Å². The molecule has 0 aromatic heterocycles. The Hall–Kier alpha value is -1.37. The fraction of sp³-hybridized carbons (Fsp3) is 0.500. The van der Waals surface area contributed by atoms with Crippen molar-refractivity contribution in [2.24, 2.45) is 5.73 Å². The van der Waals surface area contributed by atoms with Crippen LogP contribution in [0.15, 0.2) is 23.1 Å². The number of nitrogens with zero attached hydrogens (tertiary/aromatic N) is 2. The Morgan fingerprint density at radius 1 is 1.42 bits per heavy atom. The van der Waals surface area contributed by atoms with Gasteiger partial charge in [0, 0.05) is 32.1 Å². The van der Waals surface area contributed by atoms with Gasteiger partial charge in [0.05, 0.1) is 10.6 Å². The summed E-state index contributed by atoms with van der Waals surface area (Å²) < 4.78 is 27.5. The van der Waals surface area contributed by atoms with Gasteiger partial charge in [-0.25, -0.2) is 8.42 Å². The van der Waals surface area contributed by atoms with Crippen LogP contribution < -0.4 is 11.1 Å². The normalized spacial score (nSPS) is 17.8. The van der Waals surface area contributed by atoms with E-state index in [1.807, 2.05) is 6.07 Å². The summed E-state index contributed by atoms with van der Waals surface area (Å²) in [6, 6.07) is 5.90. The summed E-state index contributed by atoms with van der Waals surface area (Å²) in [5.41, 5.74) is 5.29. The number of hydrogen-bond acceptors (Lipinski definition) is 5. The zero-order valence-corrected chi connectivity index (χ0v) is 16.5. The van der Waals surface area contributed by atoms with Gasteiger partial charge in [0.2, 0.25) is 15.9 Å². The lowest BCUT2D eigenvalue weighted by Crippen LogP contribution is -2.49. The maximum Gasteiger partial charge on any atom is 0.244 e. The Balaban J connectivity index is 0.00000338. The highest BCUT2D eigenvalue weighted by atomic mass is 35.5. The van der Waals surface area contributed by atoms with Gasteiger partial charge < -0.3 is 11.1 Å². The van der Waals surface area contributed by atoms with Crippen molar-refractivity contribution < 1.29 is 13.2 Å². The molecule has 1 amide bonds. The third-order valence-corrected chi connectivity index (χ3v) is 6.46. The topological polar surface area (TPSA) is 116 Å². The van der Waals surface area contributed by atoms with E-state index in [2.05, 4.69) is 5.32 Å². The molecule has 1 saturated heterocycles. The van der Waals surface area contributed by atoms with E-state index in [1.54, 1.807) is 0 Å². The second-order valence-corrected chi connectivity index (χ2v) is 8.10. The van der Waals surface area contributed by atoms with Gasteiger partial charge in [0.1, 0.15) is 11.0 Å². The van der Waals surface area contributed by atoms with Crippen LogP contribution in [0.4, 0.5) is 0 Å². The standard InChI is InChI=1S/C16H21ClN4O3S.ClH/c17-14-5-3-6-15(13(14)10-19)25(23,24)21-9-2-1-4-12(21)11-20-16(22)7-8-18;/h3,5-6,12H,1-2,4,7-9,11,18H2,(H,20,22);1H. The Kier molecular flexibility index (Phi) is 8.80. The molecule has 26 heavy (non-hydrogen) atoms. The number of piperidine rings is 1. The van der Waals surface area contributed by atoms with Gasteiger partial charge in [-0.15, -0.1) is 12.4 Å². The molecule has 0 radical (unpaired) electrons. The number of nitrogens with one attached hydrogen (secondary N) is 1. The van der Waals surface area contributed by atoms with Crippen LogP contribution in [-0.4, -0.2) is 44.3 Å². The minimum absolute atomic E-state index is 0. The number of nitriles is 1. The number of rotatable bonds is 6. The molecule has 0 aliphatic carbocycles. The van der Waals surface area contributed by atoms with Crippen molar-refractivity contribution in [3.8, 4) is 6.07 Å². The number of nitrogens with two attached hydrogens (primary N) is 1. The smallest absolute Gasteiger partial charge is 0.244 e. The molecular formula is C16H22Cl2N4O3S. The Morgan fingerprint density at radius 2 is 2.15 bits per heavy atom. The van der Waals surface area contributed by atoms with Gasteiger partial charge >= 0.3 is 0 Å². The highest BCUT2D eigenvalue weighted by molar-refractivity contribution is 7.89. The molecule has 1 heterocycles. The van der Waals surface area contributed by atoms with Crippen LogP contribution in [0.1, 0.15) is 31.2 Å². The van der Waals surface area contributed by atoms with E-state index in [0.29, 0.717) is 13.0 Å².